The molecule has 0 radical (unpaired) electrons. The van der Waals surface area contributed by atoms with Gasteiger partial charge in [-0.25, -0.2) is 0 Å². The molecule has 3 aromatic rings. The van der Waals surface area contributed by atoms with Crippen LogP contribution in [0.5, 0.6) is 5.75 Å². The molecule has 7 heteroatoms. The van der Waals surface area contributed by atoms with Crippen molar-refractivity contribution >= 4 is 29.1 Å². The lowest BCUT2D eigenvalue weighted by molar-refractivity contribution is 0.0950. The van der Waals surface area contributed by atoms with Crippen LogP contribution in [0.25, 0.3) is 0 Å². The van der Waals surface area contributed by atoms with Crippen LogP contribution in [0, 0.1) is 0 Å². The van der Waals surface area contributed by atoms with Crippen LogP contribution in [0.2, 0.25) is 10.0 Å². The van der Waals surface area contributed by atoms with Gasteiger partial charge in [0.2, 0.25) is 0 Å². The quantitative estimate of drug-likeness (QED) is 0.549. The molecule has 0 atom stereocenters. The van der Waals surface area contributed by atoms with E-state index < -0.39 is 17.2 Å². The minimum atomic E-state index is -0.600. The summed E-state index contributed by atoms with van der Waals surface area (Å²) in [6.07, 6.45) is 2.90. The normalized spacial score (nSPS) is 10.7. The third-order valence-electron chi connectivity index (χ3n) is 4.49. The zero-order chi connectivity index (χ0) is 20.8. The molecule has 0 spiro atoms. The minimum absolute atomic E-state index is 0.0335. The van der Waals surface area contributed by atoms with Gasteiger partial charge in [-0.15, -0.1) is 0 Å². The maximum absolute atomic E-state index is 12.4. The summed E-state index contributed by atoms with van der Waals surface area (Å²) in [6.45, 7) is 0.713. The molecule has 0 aliphatic carbocycles. The van der Waals surface area contributed by atoms with Crippen molar-refractivity contribution in [3.63, 3.8) is 0 Å². The number of hydrogen-bond acceptors (Lipinski definition) is 3. The highest BCUT2D eigenvalue weighted by Gasteiger charge is 2.15. The van der Waals surface area contributed by atoms with E-state index in [1.54, 1.807) is 12.1 Å². The van der Waals surface area contributed by atoms with Crippen molar-refractivity contribution < 1.29 is 9.90 Å². The smallest absolute Gasteiger partial charge is 0.293 e. The molecule has 0 bridgehead atoms. The first-order chi connectivity index (χ1) is 14.0. The molecule has 0 fully saturated rings. The van der Waals surface area contributed by atoms with Crippen molar-refractivity contribution in [3.05, 3.63) is 97.9 Å². The number of hydrogen-bond donors (Lipinski definition) is 2. The first-order valence-electron chi connectivity index (χ1n) is 9.14. The van der Waals surface area contributed by atoms with E-state index in [1.807, 2.05) is 36.4 Å². The number of benzene rings is 2. The van der Waals surface area contributed by atoms with Crippen molar-refractivity contribution in [3.8, 4) is 5.75 Å². The highest BCUT2D eigenvalue weighted by Crippen LogP contribution is 2.23. The Morgan fingerprint density at radius 1 is 1.00 bits per heavy atom. The number of pyridine rings is 1. The van der Waals surface area contributed by atoms with E-state index in [4.69, 9.17) is 23.2 Å². The van der Waals surface area contributed by atoms with Crippen LogP contribution < -0.4 is 10.9 Å². The Hall–Kier alpha value is -2.76. The van der Waals surface area contributed by atoms with Gasteiger partial charge in [0.05, 0.1) is 22.2 Å². The molecular formula is C22H20Cl2N2O3. The fourth-order valence-electron chi connectivity index (χ4n) is 2.94. The average Bonchev–Trinajstić information content (AvgIpc) is 2.72. The van der Waals surface area contributed by atoms with Gasteiger partial charge in [0.15, 0.2) is 5.75 Å². The molecular weight excluding hydrogens is 411 g/mol. The lowest BCUT2D eigenvalue weighted by Gasteiger charge is -2.10. The molecule has 3 rings (SSSR count). The second-order valence-electron chi connectivity index (χ2n) is 6.60. The number of carbonyl (C=O) groups is 1. The number of nitrogens with one attached hydrogen (secondary N) is 1. The van der Waals surface area contributed by atoms with E-state index in [2.05, 4.69) is 5.32 Å². The first-order valence-corrected chi connectivity index (χ1v) is 9.90. The van der Waals surface area contributed by atoms with Gasteiger partial charge < -0.3 is 15.0 Å². The summed E-state index contributed by atoms with van der Waals surface area (Å²) < 4.78 is 1.37. The van der Waals surface area contributed by atoms with E-state index in [0.29, 0.717) is 36.0 Å². The van der Waals surface area contributed by atoms with E-state index in [1.165, 1.54) is 16.8 Å². The predicted molar refractivity (Wildman–Crippen MR) is 115 cm³/mol. The molecule has 0 aliphatic heterocycles. The van der Waals surface area contributed by atoms with Crippen molar-refractivity contribution in [1.29, 1.82) is 0 Å². The van der Waals surface area contributed by atoms with Crippen LogP contribution in [-0.4, -0.2) is 22.1 Å². The van der Waals surface area contributed by atoms with Gasteiger partial charge in [-0.2, -0.15) is 0 Å². The Bertz CT molecular complexity index is 1070. The van der Waals surface area contributed by atoms with E-state index in [0.717, 1.165) is 11.1 Å². The van der Waals surface area contributed by atoms with Crippen molar-refractivity contribution in [2.45, 2.75) is 19.4 Å². The number of nitrogens with zero attached hydrogens (tertiary/aromatic N) is 1. The summed E-state index contributed by atoms with van der Waals surface area (Å²) in [5, 5.41) is 13.9. The number of halogens is 2. The predicted octanol–water partition coefficient (Wildman–Crippen LogP) is 4.27. The van der Waals surface area contributed by atoms with Crippen molar-refractivity contribution in [2.24, 2.45) is 0 Å². The fourth-order valence-corrected chi connectivity index (χ4v) is 3.26. The van der Waals surface area contributed by atoms with Crippen molar-refractivity contribution in [1.82, 2.24) is 9.88 Å². The number of rotatable bonds is 7. The third-order valence-corrected chi connectivity index (χ3v) is 5.23. The molecule has 29 heavy (non-hydrogen) atoms. The summed E-state index contributed by atoms with van der Waals surface area (Å²) in [7, 11) is 0. The largest absolute Gasteiger partial charge is 0.502 e. The fraction of sp³-hybridized carbons (Fsp3) is 0.182. The highest BCUT2D eigenvalue weighted by molar-refractivity contribution is 6.42. The second-order valence-corrected chi connectivity index (χ2v) is 7.42. The molecule has 0 saturated carbocycles. The molecule has 150 valence electrons. The topological polar surface area (TPSA) is 71.3 Å². The van der Waals surface area contributed by atoms with Gasteiger partial charge in [-0.1, -0.05) is 59.6 Å². The number of aromatic nitrogens is 1. The minimum Gasteiger partial charge on any atom is -0.502 e. The summed E-state index contributed by atoms with van der Waals surface area (Å²) in [4.78, 5) is 24.7. The zero-order valence-electron chi connectivity index (χ0n) is 15.6. The maximum Gasteiger partial charge on any atom is 0.293 e. The summed E-state index contributed by atoms with van der Waals surface area (Å²) in [5.74, 6) is -1.04. The standard InChI is InChI=1S/C22H20Cl2N2O3/c23-18-9-8-15(13-19(18)24)7-4-11-25-21(28)17-10-12-26(22(29)20(17)27)14-16-5-2-1-3-6-16/h1-3,5-6,8-10,12-13,27H,4,7,11,14H2,(H,25,28). The first kappa shape index (κ1) is 21.0. The van der Waals surface area contributed by atoms with Gasteiger partial charge in [0.25, 0.3) is 11.5 Å². The Morgan fingerprint density at radius 3 is 2.48 bits per heavy atom. The maximum atomic E-state index is 12.4. The van der Waals surface area contributed by atoms with Crippen LogP contribution in [0.3, 0.4) is 0 Å². The second kappa shape index (κ2) is 9.63. The lowest BCUT2D eigenvalue weighted by atomic mass is 10.1. The zero-order valence-corrected chi connectivity index (χ0v) is 17.1. The van der Waals surface area contributed by atoms with E-state index >= 15 is 0 Å². The van der Waals surface area contributed by atoms with Crippen LogP contribution in [-0.2, 0) is 13.0 Å². The molecule has 5 nitrogen and oxygen atoms in total. The number of aromatic hydroxyl groups is 1. The van der Waals surface area contributed by atoms with Crippen LogP contribution in [0.4, 0.5) is 0 Å². The highest BCUT2D eigenvalue weighted by atomic mass is 35.5. The number of amides is 1. The Kier molecular flexibility index (Phi) is 6.96. The average molecular weight is 431 g/mol. The molecule has 1 heterocycles. The van der Waals surface area contributed by atoms with Gasteiger partial charge in [-0.05, 0) is 42.2 Å². The third kappa shape index (κ3) is 5.40. The molecule has 2 aromatic carbocycles. The molecule has 1 amide bonds. The summed E-state index contributed by atoms with van der Waals surface area (Å²) in [5.41, 5.74) is 1.31. The molecule has 0 saturated heterocycles. The van der Waals surface area contributed by atoms with Crippen LogP contribution >= 0.6 is 23.2 Å². The summed E-state index contributed by atoms with van der Waals surface area (Å²) >= 11 is 11.9. The monoisotopic (exact) mass is 430 g/mol. The summed E-state index contributed by atoms with van der Waals surface area (Å²) in [6, 6.07) is 16.3. The van der Waals surface area contributed by atoms with Crippen LogP contribution in [0.1, 0.15) is 27.9 Å². The molecule has 0 unspecified atom stereocenters. The SMILES string of the molecule is O=C(NCCCc1ccc(Cl)c(Cl)c1)c1ccn(Cc2ccccc2)c(=O)c1O. The lowest BCUT2D eigenvalue weighted by Crippen LogP contribution is -2.28. The Labute approximate surface area is 178 Å². The molecule has 1 aromatic heterocycles. The van der Waals surface area contributed by atoms with Gasteiger partial charge >= 0.3 is 0 Å². The number of aryl methyl sites for hydroxylation is 1. The van der Waals surface area contributed by atoms with Crippen molar-refractivity contribution in [2.75, 3.05) is 6.54 Å². The number of carbonyl (C=O) groups excluding carboxylic acids is 1. The van der Waals surface area contributed by atoms with Gasteiger partial charge in [0.1, 0.15) is 0 Å². The Balaban J connectivity index is 1.58. The molecule has 0 aliphatic rings. The Morgan fingerprint density at radius 2 is 1.76 bits per heavy atom. The molecule has 2 N–H and O–H groups in total. The van der Waals surface area contributed by atoms with Gasteiger partial charge in [-0.3, -0.25) is 9.59 Å². The van der Waals surface area contributed by atoms with E-state index in [-0.39, 0.29) is 5.56 Å². The van der Waals surface area contributed by atoms with E-state index in [9.17, 15) is 14.7 Å². The van der Waals surface area contributed by atoms with Crippen LogP contribution in [0.15, 0.2) is 65.6 Å². The van der Waals surface area contributed by atoms with Gasteiger partial charge in [0, 0.05) is 12.7 Å².